The molecule has 14 heavy (non-hydrogen) atoms. The zero-order valence-corrected chi connectivity index (χ0v) is 7.07. The fourth-order valence-corrected chi connectivity index (χ4v) is 1.24. The van der Waals surface area contributed by atoms with Gasteiger partial charge in [-0.1, -0.05) is 18.2 Å². The van der Waals surface area contributed by atoms with Crippen molar-refractivity contribution in [1.82, 2.24) is 4.98 Å². The molecule has 0 atom stereocenters. The molecule has 0 aliphatic carbocycles. The lowest BCUT2D eigenvalue weighted by Crippen LogP contribution is -2.02. The van der Waals surface area contributed by atoms with E-state index in [4.69, 9.17) is 5.11 Å². The van der Waals surface area contributed by atoms with Gasteiger partial charge in [-0.15, -0.1) is 0 Å². The number of hydrogen-bond donors (Lipinski definition) is 1. The zero-order chi connectivity index (χ0) is 10.1. The summed E-state index contributed by atoms with van der Waals surface area (Å²) in [5.41, 5.74) is 0.0544. The smallest absolute Gasteiger partial charge is 0.340 e. The summed E-state index contributed by atoms with van der Waals surface area (Å²) in [4.78, 5) is 14.1. The van der Waals surface area contributed by atoms with Crippen molar-refractivity contribution in [2.75, 3.05) is 0 Å². The van der Waals surface area contributed by atoms with E-state index in [1.807, 2.05) is 0 Å². The molecule has 0 radical (unpaired) electrons. The number of carbonyl (C=O) groups is 1. The number of carboxylic acids is 1. The number of para-hydroxylation sites is 1. The molecule has 0 unspecified atom stereocenters. The molecule has 0 saturated carbocycles. The highest BCUT2D eigenvalue weighted by Gasteiger charge is 2.12. The van der Waals surface area contributed by atoms with Gasteiger partial charge in [0, 0.05) is 5.39 Å². The lowest BCUT2D eigenvalue weighted by atomic mass is 10.1. The minimum Gasteiger partial charge on any atom is -0.478 e. The molecule has 0 amide bonds. The van der Waals surface area contributed by atoms with E-state index in [-0.39, 0.29) is 0 Å². The van der Waals surface area contributed by atoms with E-state index >= 15 is 0 Å². The minimum absolute atomic E-state index is 0.399. The van der Waals surface area contributed by atoms with Crippen LogP contribution in [0.4, 0.5) is 4.39 Å². The number of aromatic nitrogens is 1. The van der Waals surface area contributed by atoms with Gasteiger partial charge in [0.05, 0.1) is 5.52 Å². The van der Waals surface area contributed by atoms with Crippen LogP contribution >= 0.6 is 0 Å². The van der Waals surface area contributed by atoms with Crippen LogP contribution in [-0.4, -0.2) is 16.1 Å². The SMILES string of the molecule is O=C(O)c1cc2ccccc2nc1F. The van der Waals surface area contributed by atoms with E-state index < -0.39 is 17.5 Å². The number of hydrogen-bond acceptors (Lipinski definition) is 2. The summed E-state index contributed by atoms with van der Waals surface area (Å²) in [7, 11) is 0. The van der Waals surface area contributed by atoms with Crippen molar-refractivity contribution >= 4 is 16.9 Å². The summed E-state index contributed by atoms with van der Waals surface area (Å²) in [6, 6.07) is 8.06. The first kappa shape index (κ1) is 8.62. The topological polar surface area (TPSA) is 50.2 Å². The first-order valence-corrected chi connectivity index (χ1v) is 3.97. The van der Waals surface area contributed by atoms with Crippen molar-refractivity contribution in [3.05, 3.63) is 41.8 Å². The number of halogens is 1. The molecule has 0 aliphatic rings. The Bertz CT molecular complexity index is 510. The molecule has 3 nitrogen and oxygen atoms in total. The second-order valence-electron chi connectivity index (χ2n) is 2.82. The van der Waals surface area contributed by atoms with Crippen molar-refractivity contribution < 1.29 is 14.3 Å². The summed E-state index contributed by atoms with van der Waals surface area (Å²) in [5, 5.41) is 9.26. The van der Waals surface area contributed by atoms with Crippen LogP contribution in [-0.2, 0) is 0 Å². The number of pyridine rings is 1. The highest BCUT2D eigenvalue weighted by atomic mass is 19.1. The van der Waals surface area contributed by atoms with Crippen molar-refractivity contribution in [3.63, 3.8) is 0 Å². The Balaban J connectivity index is 2.77. The van der Waals surface area contributed by atoms with Gasteiger partial charge in [0.15, 0.2) is 0 Å². The molecule has 70 valence electrons. The quantitative estimate of drug-likeness (QED) is 0.702. The Morgan fingerprint density at radius 1 is 1.36 bits per heavy atom. The Morgan fingerprint density at radius 3 is 2.79 bits per heavy atom. The number of aromatic carboxylic acids is 1. The molecule has 0 bridgehead atoms. The molecule has 0 aliphatic heterocycles. The van der Waals surface area contributed by atoms with Crippen LogP contribution < -0.4 is 0 Å². The van der Waals surface area contributed by atoms with Crippen molar-refractivity contribution in [2.45, 2.75) is 0 Å². The maximum Gasteiger partial charge on any atom is 0.340 e. The highest BCUT2D eigenvalue weighted by Crippen LogP contribution is 2.15. The Hall–Kier alpha value is -1.97. The number of nitrogens with zero attached hydrogens (tertiary/aromatic N) is 1. The molecule has 2 aromatic rings. The molecular formula is C10H6FNO2. The van der Waals surface area contributed by atoms with Crippen LogP contribution in [0.1, 0.15) is 10.4 Å². The van der Waals surface area contributed by atoms with E-state index in [1.165, 1.54) is 6.07 Å². The monoisotopic (exact) mass is 191 g/mol. The number of rotatable bonds is 1. The third-order valence-electron chi connectivity index (χ3n) is 1.91. The molecule has 0 saturated heterocycles. The Kier molecular flexibility index (Phi) is 1.89. The lowest BCUT2D eigenvalue weighted by Gasteiger charge is -1.99. The molecule has 1 heterocycles. The summed E-state index contributed by atoms with van der Waals surface area (Å²) in [5.74, 6) is -2.25. The number of carboxylic acid groups (broad SMARTS) is 1. The molecule has 4 heteroatoms. The van der Waals surface area contributed by atoms with Crippen LogP contribution in [0.25, 0.3) is 10.9 Å². The van der Waals surface area contributed by atoms with E-state index in [0.717, 1.165) is 0 Å². The van der Waals surface area contributed by atoms with Gasteiger partial charge < -0.3 is 5.11 Å². The largest absolute Gasteiger partial charge is 0.478 e. The van der Waals surface area contributed by atoms with Gasteiger partial charge >= 0.3 is 5.97 Å². The Labute approximate surface area is 78.8 Å². The predicted octanol–water partition coefficient (Wildman–Crippen LogP) is 2.07. The van der Waals surface area contributed by atoms with Crippen LogP contribution in [0.5, 0.6) is 0 Å². The second kappa shape index (κ2) is 3.06. The van der Waals surface area contributed by atoms with Gasteiger partial charge in [0.25, 0.3) is 0 Å². The number of benzene rings is 1. The average Bonchev–Trinajstić information content (AvgIpc) is 2.16. The number of fused-ring (bicyclic) bond motifs is 1. The fourth-order valence-electron chi connectivity index (χ4n) is 1.24. The minimum atomic E-state index is -1.30. The second-order valence-corrected chi connectivity index (χ2v) is 2.82. The fraction of sp³-hybridized carbons (Fsp3) is 0. The van der Waals surface area contributed by atoms with Gasteiger partial charge in [-0.05, 0) is 12.1 Å². The molecular weight excluding hydrogens is 185 g/mol. The third kappa shape index (κ3) is 1.31. The first-order valence-electron chi connectivity index (χ1n) is 3.97. The van der Waals surface area contributed by atoms with E-state index in [9.17, 15) is 9.18 Å². The average molecular weight is 191 g/mol. The summed E-state index contributed by atoms with van der Waals surface area (Å²) >= 11 is 0. The zero-order valence-electron chi connectivity index (χ0n) is 7.07. The van der Waals surface area contributed by atoms with Gasteiger partial charge in [0.2, 0.25) is 5.95 Å². The summed E-state index contributed by atoms with van der Waals surface area (Å²) in [6.45, 7) is 0. The van der Waals surface area contributed by atoms with Gasteiger partial charge in [-0.3, -0.25) is 0 Å². The van der Waals surface area contributed by atoms with Crippen molar-refractivity contribution in [1.29, 1.82) is 0 Å². The van der Waals surface area contributed by atoms with E-state index in [2.05, 4.69) is 4.98 Å². The molecule has 1 aromatic heterocycles. The van der Waals surface area contributed by atoms with Gasteiger partial charge in [-0.2, -0.15) is 4.39 Å². The van der Waals surface area contributed by atoms with Gasteiger partial charge in [-0.25, -0.2) is 9.78 Å². The predicted molar refractivity (Wildman–Crippen MR) is 48.7 cm³/mol. The third-order valence-corrected chi connectivity index (χ3v) is 1.91. The van der Waals surface area contributed by atoms with Crippen LogP contribution in [0, 0.1) is 5.95 Å². The molecule has 1 aromatic carbocycles. The molecule has 1 N–H and O–H groups in total. The molecule has 0 spiro atoms. The lowest BCUT2D eigenvalue weighted by molar-refractivity contribution is 0.0691. The summed E-state index contributed by atoms with van der Waals surface area (Å²) < 4.78 is 13.1. The maximum atomic E-state index is 13.1. The van der Waals surface area contributed by atoms with Crippen molar-refractivity contribution in [2.24, 2.45) is 0 Å². The summed E-state index contributed by atoms with van der Waals surface area (Å²) in [6.07, 6.45) is 0. The standard InChI is InChI=1S/C10H6FNO2/c11-9-7(10(13)14)5-6-3-1-2-4-8(6)12-9/h1-5H,(H,13,14). The molecule has 2 rings (SSSR count). The van der Waals surface area contributed by atoms with E-state index in [0.29, 0.717) is 10.9 Å². The van der Waals surface area contributed by atoms with Crippen LogP contribution in [0.15, 0.2) is 30.3 Å². The van der Waals surface area contributed by atoms with Gasteiger partial charge in [0.1, 0.15) is 5.56 Å². The van der Waals surface area contributed by atoms with Crippen LogP contribution in [0.2, 0.25) is 0 Å². The maximum absolute atomic E-state index is 13.1. The van der Waals surface area contributed by atoms with Crippen molar-refractivity contribution in [3.8, 4) is 0 Å². The normalized spacial score (nSPS) is 10.4. The van der Waals surface area contributed by atoms with Crippen LogP contribution in [0.3, 0.4) is 0 Å². The van der Waals surface area contributed by atoms with E-state index in [1.54, 1.807) is 24.3 Å². The Morgan fingerprint density at radius 2 is 2.07 bits per heavy atom. The molecule has 0 fully saturated rings. The highest BCUT2D eigenvalue weighted by molar-refractivity contribution is 5.92. The first-order chi connectivity index (χ1) is 6.68.